The third kappa shape index (κ3) is 3.91. The summed E-state index contributed by atoms with van der Waals surface area (Å²) in [6.07, 6.45) is 0.226. The van der Waals surface area contributed by atoms with E-state index in [0.717, 1.165) is 5.56 Å². The largest absolute Gasteiger partial charge is 0.503 e. The predicted molar refractivity (Wildman–Crippen MR) is 121 cm³/mol. The zero-order chi connectivity index (χ0) is 22.2. The van der Waals surface area contributed by atoms with Gasteiger partial charge in [0.1, 0.15) is 0 Å². The minimum atomic E-state index is -0.635. The molecule has 1 amide bonds. The van der Waals surface area contributed by atoms with E-state index in [1.165, 1.54) is 16.0 Å². The minimum absolute atomic E-state index is 0.00354. The van der Waals surface area contributed by atoms with Crippen LogP contribution in [0.4, 0.5) is 5.69 Å². The lowest BCUT2D eigenvalue weighted by Gasteiger charge is -2.28. The maximum absolute atomic E-state index is 13.0. The summed E-state index contributed by atoms with van der Waals surface area (Å²) in [5, 5.41) is 10.6. The van der Waals surface area contributed by atoms with Gasteiger partial charge in [-0.1, -0.05) is 77.9 Å². The SMILES string of the molecule is CCC(=O)C1=C(O)C(=O)N(c2ccc(C(C)C)cc2)C1c1ccc(C(C)(C)C)cc1. The van der Waals surface area contributed by atoms with Crippen molar-refractivity contribution < 1.29 is 14.7 Å². The van der Waals surface area contributed by atoms with Crippen molar-refractivity contribution in [1.29, 1.82) is 0 Å². The average molecular weight is 406 g/mol. The fourth-order valence-corrected chi connectivity index (χ4v) is 3.85. The average Bonchev–Trinajstić information content (AvgIpc) is 2.98. The van der Waals surface area contributed by atoms with Gasteiger partial charge in [-0.25, -0.2) is 0 Å². The Labute approximate surface area is 179 Å². The van der Waals surface area contributed by atoms with Crippen LogP contribution in [0.25, 0.3) is 0 Å². The molecule has 0 spiro atoms. The van der Waals surface area contributed by atoms with Gasteiger partial charge in [0.25, 0.3) is 5.91 Å². The number of hydrogen-bond donors (Lipinski definition) is 1. The molecule has 0 aromatic heterocycles. The summed E-state index contributed by atoms with van der Waals surface area (Å²) in [5.41, 5.74) is 3.98. The molecule has 0 bridgehead atoms. The Bertz CT molecular complexity index is 976. The zero-order valence-electron chi connectivity index (χ0n) is 18.7. The quantitative estimate of drug-likeness (QED) is 0.665. The van der Waals surface area contributed by atoms with E-state index in [-0.39, 0.29) is 23.2 Å². The highest BCUT2D eigenvalue weighted by molar-refractivity contribution is 6.16. The number of nitrogens with zero attached hydrogens (tertiary/aromatic N) is 1. The fourth-order valence-electron chi connectivity index (χ4n) is 3.85. The zero-order valence-corrected chi connectivity index (χ0v) is 18.7. The molecule has 0 fully saturated rings. The Morgan fingerprint density at radius 2 is 1.60 bits per heavy atom. The standard InChI is InChI=1S/C26H31NO3/c1-7-21(28)22-23(18-8-12-19(13-9-18)26(4,5)6)27(25(30)24(22)29)20-14-10-17(11-15-20)16(2)3/h8-16,23,29H,7H2,1-6H3. The Morgan fingerprint density at radius 1 is 1.03 bits per heavy atom. The van der Waals surface area contributed by atoms with Gasteiger partial charge in [-0.05, 0) is 40.2 Å². The van der Waals surface area contributed by atoms with Crippen LogP contribution in [0.1, 0.15) is 76.6 Å². The first-order valence-corrected chi connectivity index (χ1v) is 10.6. The van der Waals surface area contributed by atoms with Crippen molar-refractivity contribution >= 4 is 17.4 Å². The van der Waals surface area contributed by atoms with Gasteiger partial charge in [0.15, 0.2) is 11.5 Å². The summed E-state index contributed by atoms with van der Waals surface area (Å²) < 4.78 is 0. The summed E-state index contributed by atoms with van der Waals surface area (Å²) in [5.74, 6) is -0.821. The van der Waals surface area contributed by atoms with Crippen molar-refractivity contribution in [2.75, 3.05) is 4.90 Å². The molecule has 4 nitrogen and oxygen atoms in total. The Morgan fingerprint density at radius 3 is 2.07 bits per heavy atom. The molecule has 1 aliphatic heterocycles. The van der Waals surface area contributed by atoms with E-state index in [9.17, 15) is 14.7 Å². The first-order valence-electron chi connectivity index (χ1n) is 10.6. The van der Waals surface area contributed by atoms with Gasteiger partial charge in [0, 0.05) is 12.1 Å². The van der Waals surface area contributed by atoms with E-state index in [2.05, 4.69) is 34.6 Å². The van der Waals surface area contributed by atoms with Crippen LogP contribution in [-0.4, -0.2) is 16.8 Å². The predicted octanol–water partition coefficient (Wildman–Crippen LogP) is 5.99. The lowest BCUT2D eigenvalue weighted by atomic mass is 9.85. The van der Waals surface area contributed by atoms with Crippen molar-refractivity contribution in [3.05, 3.63) is 76.6 Å². The molecule has 158 valence electrons. The van der Waals surface area contributed by atoms with Crippen LogP contribution in [0.15, 0.2) is 59.9 Å². The molecule has 0 saturated heterocycles. The number of aliphatic hydroxyl groups is 1. The molecule has 0 saturated carbocycles. The molecule has 1 unspecified atom stereocenters. The van der Waals surface area contributed by atoms with Gasteiger partial charge in [-0.2, -0.15) is 0 Å². The summed E-state index contributed by atoms with van der Waals surface area (Å²) in [7, 11) is 0. The van der Waals surface area contributed by atoms with Gasteiger partial charge in [0.2, 0.25) is 0 Å². The molecule has 30 heavy (non-hydrogen) atoms. The normalized spacial score (nSPS) is 17.2. The highest BCUT2D eigenvalue weighted by atomic mass is 16.3. The number of aliphatic hydroxyl groups excluding tert-OH is 1. The van der Waals surface area contributed by atoms with Gasteiger partial charge < -0.3 is 5.11 Å². The van der Waals surface area contributed by atoms with Crippen LogP contribution >= 0.6 is 0 Å². The molecule has 2 aromatic carbocycles. The highest BCUT2D eigenvalue weighted by Crippen LogP contribution is 2.42. The first-order chi connectivity index (χ1) is 14.1. The van der Waals surface area contributed by atoms with Crippen molar-refractivity contribution in [1.82, 2.24) is 0 Å². The highest BCUT2D eigenvalue weighted by Gasteiger charge is 2.43. The number of Topliss-reactive ketones (excluding diaryl/α,β-unsaturated/α-hetero) is 1. The molecular formula is C26H31NO3. The number of anilines is 1. The van der Waals surface area contributed by atoms with E-state index in [0.29, 0.717) is 11.6 Å². The van der Waals surface area contributed by atoms with Crippen LogP contribution in [0.3, 0.4) is 0 Å². The van der Waals surface area contributed by atoms with Crippen LogP contribution in [0.2, 0.25) is 0 Å². The fraction of sp³-hybridized carbons (Fsp3) is 0.385. The van der Waals surface area contributed by atoms with Crippen molar-refractivity contribution in [3.63, 3.8) is 0 Å². The lowest BCUT2D eigenvalue weighted by molar-refractivity contribution is -0.118. The van der Waals surface area contributed by atoms with Crippen molar-refractivity contribution in [2.45, 2.75) is 65.3 Å². The molecule has 1 aliphatic rings. The van der Waals surface area contributed by atoms with Crippen LogP contribution < -0.4 is 4.90 Å². The van der Waals surface area contributed by atoms with Crippen LogP contribution in [0.5, 0.6) is 0 Å². The maximum Gasteiger partial charge on any atom is 0.294 e. The molecule has 1 atom stereocenters. The molecular weight excluding hydrogens is 374 g/mol. The van der Waals surface area contributed by atoms with Gasteiger partial charge in [0.05, 0.1) is 11.6 Å². The maximum atomic E-state index is 13.0. The van der Waals surface area contributed by atoms with E-state index in [1.54, 1.807) is 6.92 Å². The minimum Gasteiger partial charge on any atom is -0.503 e. The number of hydrogen-bond acceptors (Lipinski definition) is 3. The van der Waals surface area contributed by atoms with E-state index >= 15 is 0 Å². The molecule has 0 aliphatic carbocycles. The Kier molecular flexibility index (Phi) is 5.89. The summed E-state index contributed by atoms with van der Waals surface area (Å²) in [4.78, 5) is 27.3. The van der Waals surface area contributed by atoms with Crippen molar-refractivity contribution in [3.8, 4) is 0 Å². The number of carbonyl (C=O) groups excluding carboxylic acids is 2. The lowest BCUT2D eigenvalue weighted by Crippen LogP contribution is -2.31. The van der Waals surface area contributed by atoms with E-state index < -0.39 is 17.7 Å². The topological polar surface area (TPSA) is 57.6 Å². The van der Waals surface area contributed by atoms with Gasteiger partial charge in [-0.15, -0.1) is 0 Å². The van der Waals surface area contributed by atoms with Gasteiger partial charge in [-0.3, -0.25) is 14.5 Å². The number of carbonyl (C=O) groups is 2. The second kappa shape index (κ2) is 8.10. The van der Waals surface area contributed by atoms with Crippen molar-refractivity contribution in [2.24, 2.45) is 0 Å². The summed E-state index contributed by atoms with van der Waals surface area (Å²) in [6.45, 7) is 12.4. The number of ketones is 1. The molecule has 1 heterocycles. The first kappa shape index (κ1) is 21.8. The monoisotopic (exact) mass is 405 g/mol. The second-order valence-corrected chi connectivity index (χ2v) is 9.23. The second-order valence-electron chi connectivity index (χ2n) is 9.23. The molecule has 0 radical (unpaired) electrons. The molecule has 2 aromatic rings. The number of rotatable bonds is 5. The van der Waals surface area contributed by atoms with E-state index in [1.807, 2.05) is 48.5 Å². The molecule has 1 N–H and O–H groups in total. The molecule has 4 heteroatoms. The Hall–Kier alpha value is -2.88. The number of amides is 1. The van der Waals surface area contributed by atoms with Gasteiger partial charge >= 0.3 is 0 Å². The Balaban J connectivity index is 2.11. The third-order valence-electron chi connectivity index (χ3n) is 5.76. The number of benzene rings is 2. The van der Waals surface area contributed by atoms with Crippen LogP contribution in [-0.2, 0) is 15.0 Å². The smallest absolute Gasteiger partial charge is 0.294 e. The van der Waals surface area contributed by atoms with Crippen LogP contribution in [0, 0.1) is 0 Å². The third-order valence-corrected chi connectivity index (χ3v) is 5.76. The van der Waals surface area contributed by atoms with E-state index in [4.69, 9.17) is 0 Å². The summed E-state index contributed by atoms with van der Waals surface area (Å²) in [6, 6.07) is 15.1. The molecule has 3 rings (SSSR count). The summed E-state index contributed by atoms with van der Waals surface area (Å²) >= 11 is 0.